The molecule has 1 amide bonds. The number of rotatable bonds is 6. The molecule has 2 N–H and O–H groups in total. The number of halogens is 1. The number of carbonyl (C=O) groups excluding carboxylic acids is 1. The topological polar surface area (TPSA) is 119 Å². The van der Waals surface area contributed by atoms with E-state index in [-0.39, 0.29) is 11.7 Å². The fourth-order valence-electron chi connectivity index (χ4n) is 2.24. The maximum atomic E-state index is 12.3. The number of ether oxygens (including phenoxy) is 1. The predicted octanol–water partition coefficient (Wildman–Crippen LogP) is 4.00. The van der Waals surface area contributed by atoms with Gasteiger partial charge in [0, 0.05) is 4.47 Å². The molecule has 3 rings (SSSR count). The summed E-state index contributed by atoms with van der Waals surface area (Å²) in [5, 5.41) is 11.5. The van der Waals surface area contributed by atoms with Crippen LogP contribution in [0.2, 0.25) is 0 Å². The first-order valence-electron chi connectivity index (χ1n) is 8.00. The van der Waals surface area contributed by atoms with E-state index in [1.807, 2.05) is 6.92 Å². The Morgan fingerprint density at radius 2 is 1.86 bits per heavy atom. The number of aryl methyl sites for hydroxylation is 1. The lowest BCUT2D eigenvalue weighted by molar-refractivity contribution is -0.385. The van der Waals surface area contributed by atoms with Crippen molar-refractivity contribution in [2.75, 3.05) is 5.43 Å². The van der Waals surface area contributed by atoms with Crippen molar-refractivity contribution in [3.05, 3.63) is 80.6 Å². The van der Waals surface area contributed by atoms with Gasteiger partial charge in [-0.3, -0.25) is 25.8 Å². The van der Waals surface area contributed by atoms with Gasteiger partial charge in [0.15, 0.2) is 0 Å². The molecule has 0 spiro atoms. The van der Waals surface area contributed by atoms with Gasteiger partial charge >= 0.3 is 11.6 Å². The Kier molecular flexibility index (Phi) is 5.80. The van der Waals surface area contributed by atoms with Gasteiger partial charge in [-0.15, -0.1) is 0 Å². The maximum Gasteiger partial charge on any atom is 0.374 e. The zero-order valence-corrected chi connectivity index (χ0v) is 16.1. The summed E-state index contributed by atoms with van der Waals surface area (Å²) in [4.78, 5) is 30.8. The molecule has 0 unspecified atom stereocenters. The van der Waals surface area contributed by atoms with Crippen LogP contribution in [0.5, 0.6) is 11.6 Å². The SMILES string of the molecule is Cc1ccc(Oc2ncnc(NNC(=O)c3ccccc3Br)c2[N+](=O)[O-])cc1. The van der Waals surface area contributed by atoms with Gasteiger partial charge in [-0.2, -0.15) is 4.98 Å². The van der Waals surface area contributed by atoms with Gasteiger partial charge in [-0.25, -0.2) is 4.98 Å². The summed E-state index contributed by atoms with van der Waals surface area (Å²) < 4.78 is 6.10. The van der Waals surface area contributed by atoms with E-state index in [0.717, 1.165) is 11.9 Å². The molecule has 0 aliphatic carbocycles. The van der Waals surface area contributed by atoms with Crippen molar-refractivity contribution >= 4 is 33.3 Å². The van der Waals surface area contributed by atoms with E-state index in [4.69, 9.17) is 4.74 Å². The minimum atomic E-state index is -0.684. The first-order chi connectivity index (χ1) is 13.5. The van der Waals surface area contributed by atoms with E-state index in [1.54, 1.807) is 48.5 Å². The largest absolute Gasteiger partial charge is 0.434 e. The molecule has 0 fully saturated rings. The quantitative estimate of drug-likeness (QED) is 0.436. The van der Waals surface area contributed by atoms with Crippen LogP contribution in [-0.4, -0.2) is 20.8 Å². The van der Waals surface area contributed by atoms with Gasteiger partial charge in [0.05, 0.1) is 10.5 Å². The highest BCUT2D eigenvalue weighted by atomic mass is 79.9. The third-order valence-corrected chi connectivity index (χ3v) is 4.31. The summed E-state index contributed by atoms with van der Waals surface area (Å²) in [6.07, 6.45) is 1.10. The summed E-state index contributed by atoms with van der Waals surface area (Å²) in [6.45, 7) is 1.91. The van der Waals surface area contributed by atoms with Crippen molar-refractivity contribution in [2.45, 2.75) is 6.92 Å². The molecule has 9 nitrogen and oxygen atoms in total. The molecular formula is C18H14BrN5O4. The van der Waals surface area contributed by atoms with Crippen molar-refractivity contribution in [1.29, 1.82) is 0 Å². The van der Waals surface area contributed by atoms with E-state index >= 15 is 0 Å². The summed E-state index contributed by atoms with van der Waals surface area (Å²) >= 11 is 3.27. The van der Waals surface area contributed by atoms with Crippen molar-refractivity contribution < 1.29 is 14.5 Å². The van der Waals surface area contributed by atoms with Crippen LogP contribution >= 0.6 is 15.9 Å². The highest BCUT2D eigenvalue weighted by Crippen LogP contribution is 2.33. The van der Waals surface area contributed by atoms with Crippen LogP contribution < -0.4 is 15.6 Å². The Bertz CT molecular complexity index is 1030. The Hall–Kier alpha value is -3.53. The third kappa shape index (κ3) is 4.41. The summed E-state index contributed by atoms with van der Waals surface area (Å²) in [7, 11) is 0. The van der Waals surface area contributed by atoms with E-state index in [9.17, 15) is 14.9 Å². The van der Waals surface area contributed by atoms with Gasteiger partial charge < -0.3 is 4.74 Å². The van der Waals surface area contributed by atoms with Gasteiger partial charge in [-0.1, -0.05) is 29.8 Å². The zero-order valence-electron chi connectivity index (χ0n) is 14.5. The molecule has 1 aromatic heterocycles. The fourth-order valence-corrected chi connectivity index (χ4v) is 2.70. The number of carbonyl (C=O) groups is 1. The predicted molar refractivity (Wildman–Crippen MR) is 105 cm³/mol. The molecule has 0 aliphatic rings. The first kappa shape index (κ1) is 19.2. The van der Waals surface area contributed by atoms with Gasteiger partial charge in [0.25, 0.3) is 5.91 Å². The number of hydrogen-bond acceptors (Lipinski definition) is 7. The lowest BCUT2D eigenvalue weighted by Gasteiger charge is -2.11. The van der Waals surface area contributed by atoms with Gasteiger partial charge in [0.2, 0.25) is 5.82 Å². The van der Waals surface area contributed by atoms with Crippen molar-refractivity contribution in [3.63, 3.8) is 0 Å². The summed E-state index contributed by atoms with van der Waals surface area (Å²) in [5.74, 6) is -0.569. The van der Waals surface area contributed by atoms with Crippen LogP contribution in [0.25, 0.3) is 0 Å². The first-order valence-corrected chi connectivity index (χ1v) is 8.80. The van der Waals surface area contributed by atoms with Crippen molar-refractivity contribution in [1.82, 2.24) is 15.4 Å². The van der Waals surface area contributed by atoms with E-state index in [0.29, 0.717) is 15.8 Å². The Morgan fingerprint density at radius 1 is 1.14 bits per heavy atom. The van der Waals surface area contributed by atoms with Crippen molar-refractivity contribution in [3.8, 4) is 11.6 Å². The number of hydrogen-bond donors (Lipinski definition) is 2. The second kappa shape index (κ2) is 8.44. The molecule has 1 heterocycles. The second-order valence-electron chi connectivity index (χ2n) is 5.61. The smallest absolute Gasteiger partial charge is 0.374 e. The van der Waals surface area contributed by atoms with Crippen LogP contribution in [0.15, 0.2) is 59.3 Å². The lowest BCUT2D eigenvalue weighted by atomic mass is 10.2. The molecule has 28 heavy (non-hydrogen) atoms. The van der Waals surface area contributed by atoms with Crippen LogP contribution in [-0.2, 0) is 0 Å². The Balaban J connectivity index is 1.83. The van der Waals surface area contributed by atoms with Crippen LogP contribution in [0.1, 0.15) is 15.9 Å². The Morgan fingerprint density at radius 3 is 2.54 bits per heavy atom. The molecule has 0 bridgehead atoms. The van der Waals surface area contributed by atoms with Gasteiger partial charge in [0.1, 0.15) is 12.1 Å². The standard InChI is InChI=1S/C18H14BrN5O4/c1-11-6-8-12(9-7-11)28-18-15(24(26)27)16(20-10-21-18)22-23-17(25)13-4-2-3-5-14(13)19/h2-10H,1H3,(H,23,25)(H,20,21,22). The highest BCUT2D eigenvalue weighted by molar-refractivity contribution is 9.10. The van der Waals surface area contributed by atoms with Crippen LogP contribution in [0, 0.1) is 17.0 Å². The molecule has 10 heteroatoms. The molecule has 0 radical (unpaired) electrons. The zero-order chi connectivity index (χ0) is 20.1. The number of anilines is 1. The molecule has 0 aliphatic heterocycles. The number of nitro groups is 1. The molecule has 0 saturated carbocycles. The average molecular weight is 444 g/mol. The number of nitrogens with one attached hydrogen (secondary N) is 2. The number of aromatic nitrogens is 2. The minimum Gasteiger partial charge on any atom is -0.434 e. The van der Waals surface area contributed by atoms with E-state index in [1.165, 1.54) is 0 Å². The van der Waals surface area contributed by atoms with Crippen LogP contribution in [0.4, 0.5) is 11.5 Å². The molecule has 0 atom stereocenters. The number of nitrogens with zero attached hydrogens (tertiary/aromatic N) is 3. The van der Waals surface area contributed by atoms with E-state index in [2.05, 4.69) is 36.7 Å². The van der Waals surface area contributed by atoms with E-state index < -0.39 is 16.5 Å². The molecular weight excluding hydrogens is 430 g/mol. The van der Waals surface area contributed by atoms with Gasteiger partial charge in [-0.05, 0) is 47.1 Å². The van der Waals surface area contributed by atoms with Crippen molar-refractivity contribution in [2.24, 2.45) is 0 Å². The third-order valence-electron chi connectivity index (χ3n) is 3.62. The number of benzene rings is 2. The maximum absolute atomic E-state index is 12.3. The molecule has 3 aromatic rings. The molecule has 0 saturated heterocycles. The molecule has 142 valence electrons. The summed E-state index contributed by atoms with van der Waals surface area (Å²) in [5.41, 5.74) is 5.70. The Labute approximate surface area is 168 Å². The molecule has 2 aromatic carbocycles. The monoisotopic (exact) mass is 443 g/mol. The number of hydrazine groups is 1. The highest BCUT2D eigenvalue weighted by Gasteiger charge is 2.25. The average Bonchev–Trinajstić information content (AvgIpc) is 2.68. The fraction of sp³-hybridized carbons (Fsp3) is 0.0556. The second-order valence-corrected chi connectivity index (χ2v) is 6.46. The normalized spacial score (nSPS) is 10.2. The lowest BCUT2D eigenvalue weighted by Crippen LogP contribution is -2.30. The minimum absolute atomic E-state index is 0.206. The summed E-state index contributed by atoms with van der Waals surface area (Å²) in [6, 6.07) is 13.7. The number of amides is 1. The van der Waals surface area contributed by atoms with Crippen LogP contribution in [0.3, 0.4) is 0 Å².